The Labute approximate surface area is 335 Å². The van der Waals surface area contributed by atoms with Gasteiger partial charge >= 0.3 is 0 Å². The van der Waals surface area contributed by atoms with Crippen LogP contribution in [0, 0.1) is 0 Å². The van der Waals surface area contributed by atoms with Crippen LogP contribution in [0.3, 0.4) is 0 Å². The summed E-state index contributed by atoms with van der Waals surface area (Å²) in [4.78, 5) is 2.49. The van der Waals surface area contributed by atoms with E-state index in [1.807, 2.05) is 23.5 Å². The smallest absolute Gasteiger partial charge is 0.136 e. The van der Waals surface area contributed by atoms with E-state index in [-0.39, 0.29) is 0 Å². The Morgan fingerprint density at radius 1 is 0.333 bits per heavy atom. The molecule has 0 amide bonds. The van der Waals surface area contributed by atoms with E-state index < -0.39 is 0 Å². The summed E-state index contributed by atoms with van der Waals surface area (Å²) in [5.41, 5.74) is 14.5. The maximum Gasteiger partial charge on any atom is 0.136 e. The van der Waals surface area contributed by atoms with Crippen molar-refractivity contribution in [2.45, 2.75) is 0 Å². The molecule has 0 aliphatic heterocycles. The van der Waals surface area contributed by atoms with Crippen LogP contribution in [0.25, 0.3) is 86.6 Å². The maximum absolute atomic E-state index is 6.30. The second kappa shape index (κ2) is 13.8. The zero-order valence-electron chi connectivity index (χ0n) is 31.0. The molecule has 0 N–H and O–H groups in total. The third-order valence-electron chi connectivity index (χ3n) is 11.1. The largest absolute Gasteiger partial charge is 0.456 e. The highest BCUT2D eigenvalue weighted by Crippen LogP contribution is 2.51. The summed E-state index contributed by atoms with van der Waals surface area (Å²) in [5, 5.41) is 4.79. The van der Waals surface area contributed by atoms with Gasteiger partial charge in [-0.3, -0.25) is 0 Å². The molecule has 0 saturated carbocycles. The predicted molar refractivity (Wildman–Crippen MR) is 243 cm³/mol. The number of fused-ring (bicyclic) bond motifs is 6. The van der Waals surface area contributed by atoms with Crippen molar-refractivity contribution in [2.75, 3.05) is 4.90 Å². The van der Waals surface area contributed by atoms with Crippen LogP contribution in [0.2, 0.25) is 0 Å². The minimum Gasteiger partial charge on any atom is -0.456 e. The standard InChI is InChI=1S/C54H35NOS/c1-3-16-36(17-4-1)40-20-7-8-21-43(40)52-41(37-18-5-2-6-19-37)24-13-26-46(52)55(47-27-15-31-51-54(47)45-23-10-12-30-50(45)57-51)39-34-32-38(33-35-39)42-25-14-29-49-53(42)44-22-9-11-28-48(44)56-49/h1-35H. The summed E-state index contributed by atoms with van der Waals surface area (Å²) in [6, 6.07) is 76.5. The molecule has 57 heavy (non-hydrogen) atoms. The summed E-state index contributed by atoms with van der Waals surface area (Å²) in [6.07, 6.45) is 0. The van der Waals surface area contributed by atoms with Gasteiger partial charge < -0.3 is 9.32 Å². The van der Waals surface area contributed by atoms with Crippen LogP contribution in [-0.4, -0.2) is 0 Å². The van der Waals surface area contributed by atoms with Crippen LogP contribution in [0.4, 0.5) is 17.1 Å². The van der Waals surface area contributed by atoms with Gasteiger partial charge in [0.1, 0.15) is 11.2 Å². The molecule has 2 heterocycles. The van der Waals surface area contributed by atoms with E-state index in [2.05, 4.69) is 205 Å². The monoisotopic (exact) mass is 745 g/mol. The first kappa shape index (κ1) is 33.2. The minimum atomic E-state index is 0.898. The number of hydrogen-bond donors (Lipinski definition) is 0. The average molecular weight is 746 g/mol. The SMILES string of the molecule is c1ccc(-c2ccccc2-c2c(-c3ccccc3)cccc2N(c2ccc(-c3cccc4oc5ccccc5c34)cc2)c2cccc3sc4ccccc4c23)cc1. The molecule has 9 aromatic carbocycles. The molecule has 268 valence electrons. The second-order valence-electron chi connectivity index (χ2n) is 14.4. The molecule has 0 fully saturated rings. The second-order valence-corrected chi connectivity index (χ2v) is 15.5. The van der Waals surface area contributed by atoms with Gasteiger partial charge in [0.15, 0.2) is 0 Å². The van der Waals surface area contributed by atoms with Crippen LogP contribution in [0.1, 0.15) is 0 Å². The van der Waals surface area contributed by atoms with Crippen molar-refractivity contribution in [1.29, 1.82) is 0 Å². The van der Waals surface area contributed by atoms with Gasteiger partial charge in [0.25, 0.3) is 0 Å². The molecule has 2 nitrogen and oxygen atoms in total. The van der Waals surface area contributed by atoms with Crippen molar-refractivity contribution >= 4 is 70.5 Å². The van der Waals surface area contributed by atoms with Crippen LogP contribution < -0.4 is 4.90 Å². The molecule has 0 saturated heterocycles. The van der Waals surface area contributed by atoms with Crippen molar-refractivity contribution in [3.8, 4) is 44.5 Å². The van der Waals surface area contributed by atoms with Crippen LogP contribution >= 0.6 is 11.3 Å². The van der Waals surface area contributed by atoms with E-state index in [1.54, 1.807) is 0 Å². The van der Waals surface area contributed by atoms with Gasteiger partial charge in [-0.2, -0.15) is 0 Å². The highest BCUT2D eigenvalue weighted by atomic mass is 32.1. The minimum absolute atomic E-state index is 0.898. The lowest BCUT2D eigenvalue weighted by atomic mass is 9.87. The zero-order valence-corrected chi connectivity index (χ0v) is 31.8. The van der Waals surface area contributed by atoms with Crippen molar-refractivity contribution in [3.63, 3.8) is 0 Å². The predicted octanol–water partition coefficient (Wildman–Crippen LogP) is 16.1. The first-order chi connectivity index (χ1) is 28.3. The van der Waals surface area contributed by atoms with Crippen molar-refractivity contribution in [3.05, 3.63) is 212 Å². The highest BCUT2D eigenvalue weighted by molar-refractivity contribution is 7.26. The zero-order chi connectivity index (χ0) is 37.7. The Hall–Kier alpha value is -7.20. The quantitative estimate of drug-likeness (QED) is 0.162. The Morgan fingerprint density at radius 2 is 0.877 bits per heavy atom. The molecule has 0 aliphatic carbocycles. The number of para-hydroxylation sites is 1. The maximum atomic E-state index is 6.30. The topological polar surface area (TPSA) is 16.4 Å². The Morgan fingerprint density at radius 3 is 1.68 bits per heavy atom. The lowest BCUT2D eigenvalue weighted by Gasteiger charge is -2.30. The molecular formula is C54H35NOS. The van der Waals surface area contributed by atoms with Gasteiger partial charge in [0.2, 0.25) is 0 Å². The lowest BCUT2D eigenvalue weighted by molar-refractivity contribution is 0.669. The van der Waals surface area contributed by atoms with Gasteiger partial charge in [-0.15, -0.1) is 11.3 Å². The number of nitrogens with zero attached hydrogens (tertiary/aromatic N) is 1. The molecule has 11 rings (SSSR count). The Kier molecular flexibility index (Phi) is 8.04. The molecule has 11 aromatic rings. The van der Waals surface area contributed by atoms with Gasteiger partial charge in [0.05, 0.1) is 11.4 Å². The van der Waals surface area contributed by atoms with Gasteiger partial charge in [-0.05, 0) is 87.5 Å². The fourth-order valence-corrected chi connectivity index (χ4v) is 9.72. The van der Waals surface area contributed by atoms with E-state index in [9.17, 15) is 0 Å². The van der Waals surface area contributed by atoms with Gasteiger partial charge in [0, 0.05) is 42.2 Å². The number of furan rings is 1. The first-order valence-corrected chi connectivity index (χ1v) is 20.2. The summed E-state index contributed by atoms with van der Waals surface area (Å²) < 4.78 is 8.84. The van der Waals surface area contributed by atoms with E-state index in [1.165, 1.54) is 53.6 Å². The first-order valence-electron chi connectivity index (χ1n) is 19.3. The molecule has 0 aliphatic rings. The van der Waals surface area contributed by atoms with Crippen molar-refractivity contribution in [1.82, 2.24) is 0 Å². The molecule has 3 heteroatoms. The molecule has 0 bridgehead atoms. The summed E-state index contributed by atoms with van der Waals surface area (Å²) in [5.74, 6) is 0. The number of thiophene rings is 1. The number of benzene rings is 9. The molecule has 2 aromatic heterocycles. The Bertz CT molecular complexity index is 3230. The number of hydrogen-bond acceptors (Lipinski definition) is 3. The van der Waals surface area contributed by atoms with E-state index in [0.29, 0.717) is 0 Å². The number of anilines is 3. The van der Waals surface area contributed by atoms with Crippen molar-refractivity contribution in [2.24, 2.45) is 0 Å². The third-order valence-corrected chi connectivity index (χ3v) is 12.2. The fraction of sp³-hybridized carbons (Fsp3) is 0. The van der Waals surface area contributed by atoms with Crippen LogP contribution in [0.15, 0.2) is 217 Å². The molecule has 0 atom stereocenters. The molecular weight excluding hydrogens is 711 g/mol. The third kappa shape index (κ3) is 5.63. The van der Waals surface area contributed by atoms with E-state index in [0.717, 1.165) is 50.1 Å². The van der Waals surface area contributed by atoms with Crippen molar-refractivity contribution < 1.29 is 4.42 Å². The highest BCUT2D eigenvalue weighted by Gasteiger charge is 2.25. The summed E-state index contributed by atoms with van der Waals surface area (Å²) in [6.45, 7) is 0. The van der Waals surface area contributed by atoms with Gasteiger partial charge in [-0.25, -0.2) is 0 Å². The van der Waals surface area contributed by atoms with Gasteiger partial charge in [-0.1, -0.05) is 164 Å². The summed E-state index contributed by atoms with van der Waals surface area (Å²) >= 11 is 1.85. The Balaban J connectivity index is 1.20. The fourth-order valence-electron chi connectivity index (χ4n) is 8.59. The normalized spacial score (nSPS) is 11.5. The van der Waals surface area contributed by atoms with Crippen LogP contribution in [0.5, 0.6) is 0 Å². The summed E-state index contributed by atoms with van der Waals surface area (Å²) in [7, 11) is 0. The lowest BCUT2D eigenvalue weighted by Crippen LogP contribution is -2.12. The number of rotatable bonds is 7. The molecule has 0 radical (unpaired) electrons. The molecule has 0 unspecified atom stereocenters. The van der Waals surface area contributed by atoms with E-state index >= 15 is 0 Å². The van der Waals surface area contributed by atoms with Crippen LogP contribution in [-0.2, 0) is 0 Å². The van der Waals surface area contributed by atoms with E-state index in [4.69, 9.17) is 4.42 Å². The average Bonchev–Trinajstić information content (AvgIpc) is 3.87. The molecule has 0 spiro atoms.